The van der Waals surface area contributed by atoms with Crippen molar-refractivity contribution in [3.63, 3.8) is 0 Å². The predicted molar refractivity (Wildman–Crippen MR) is 77.6 cm³/mol. The smallest absolute Gasteiger partial charge is 0.311 e. The molecule has 0 radical (unpaired) electrons. The molecule has 4 nitrogen and oxygen atoms in total. The maximum Gasteiger partial charge on any atom is 0.311 e. The van der Waals surface area contributed by atoms with E-state index in [1.807, 2.05) is 26.0 Å². The van der Waals surface area contributed by atoms with E-state index < -0.39 is 12.0 Å². The van der Waals surface area contributed by atoms with E-state index in [1.54, 1.807) is 19.1 Å². The van der Waals surface area contributed by atoms with E-state index in [4.69, 9.17) is 9.47 Å². The van der Waals surface area contributed by atoms with Gasteiger partial charge in [0.25, 0.3) is 0 Å². The lowest BCUT2D eigenvalue weighted by atomic mass is 9.93. The third-order valence-corrected chi connectivity index (χ3v) is 3.08. The Morgan fingerprint density at radius 2 is 2.05 bits per heavy atom. The van der Waals surface area contributed by atoms with E-state index in [0.717, 1.165) is 6.42 Å². The number of aliphatic hydroxyl groups excluding tert-OH is 1. The molecule has 0 aliphatic heterocycles. The number of carbonyl (C=O) groups is 1. The summed E-state index contributed by atoms with van der Waals surface area (Å²) in [5.41, 5.74) is 0.679. The van der Waals surface area contributed by atoms with Crippen LogP contribution in [0.3, 0.4) is 0 Å². The fourth-order valence-corrected chi connectivity index (χ4v) is 2.01. The zero-order valence-corrected chi connectivity index (χ0v) is 12.5. The van der Waals surface area contributed by atoms with Crippen molar-refractivity contribution in [1.82, 2.24) is 0 Å². The van der Waals surface area contributed by atoms with Crippen LogP contribution < -0.4 is 4.74 Å². The van der Waals surface area contributed by atoms with Gasteiger partial charge in [0.2, 0.25) is 0 Å². The van der Waals surface area contributed by atoms with Crippen LogP contribution in [0.1, 0.15) is 45.3 Å². The minimum Gasteiger partial charge on any atom is -0.494 e. The van der Waals surface area contributed by atoms with E-state index in [1.165, 1.54) is 0 Å². The van der Waals surface area contributed by atoms with Gasteiger partial charge in [-0.25, -0.2) is 0 Å². The molecule has 0 fully saturated rings. The van der Waals surface area contributed by atoms with Gasteiger partial charge in [0.05, 0.1) is 25.2 Å². The van der Waals surface area contributed by atoms with Crippen molar-refractivity contribution >= 4 is 5.97 Å². The summed E-state index contributed by atoms with van der Waals surface area (Å²) in [6.07, 6.45) is 0.581. The van der Waals surface area contributed by atoms with Gasteiger partial charge in [-0.1, -0.05) is 26.0 Å². The average Bonchev–Trinajstić information content (AvgIpc) is 2.46. The summed E-state index contributed by atoms with van der Waals surface area (Å²) in [7, 11) is 0. The van der Waals surface area contributed by atoms with Crippen LogP contribution in [-0.2, 0) is 9.53 Å². The topological polar surface area (TPSA) is 55.8 Å². The van der Waals surface area contributed by atoms with Gasteiger partial charge in [-0.2, -0.15) is 0 Å². The molecular weight excluding hydrogens is 256 g/mol. The van der Waals surface area contributed by atoms with Gasteiger partial charge in [-0.15, -0.1) is 0 Å². The first-order chi connectivity index (χ1) is 9.63. The Morgan fingerprint density at radius 1 is 1.30 bits per heavy atom. The summed E-state index contributed by atoms with van der Waals surface area (Å²) in [5, 5.41) is 10.4. The molecule has 1 aromatic rings. The second-order valence-electron chi connectivity index (χ2n) is 4.63. The zero-order chi connectivity index (χ0) is 15.0. The van der Waals surface area contributed by atoms with Crippen LogP contribution in [0.4, 0.5) is 0 Å². The highest BCUT2D eigenvalue weighted by atomic mass is 16.5. The number of rotatable bonds is 8. The molecule has 1 rings (SSSR count). The number of hydrogen-bond acceptors (Lipinski definition) is 4. The molecule has 1 aromatic carbocycles. The summed E-state index contributed by atoms with van der Waals surface area (Å²) >= 11 is 0. The quantitative estimate of drug-likeness (QED) is 0.743. The Bertz CT molecular complexity index is 417. The van der Waals surface area contributed by atoms with Crippen LogP contribution in [0.15, 0.2) is 24.3 Å². The average molecular weight is 280 g/mol. The van der Waals surface area contributed by atoms with Gasteiger partial charge in [0.15, 0.2) is 0 Å². The van der Waals surface area contributed by atoms with Crippen molar-refractivity contribution in [1.29, 1.82) is 0 Å². The third-order valence-electron chi connectivity index (χ3n) is 3.08. The minimum atomic E-state index is -0.871. The lowest BCUT2D eigenvalue weighted by Gasteiger charge is -2.20. The molecule has 0 aromatic heterocycles. The Hall–Kier alpha value is -1.55. The van der Waals surface area contributed by atoms with Crippen molar-refractivity contribution in [2.75, 3.05) is 13.2 Å². The van der Waals surface area contributed by atoms with Gasteiger partial charge in [-0.3, -0.25) is 4.79 Å². The number of benzene rings is 1. The van der Waals surface area contributed by atoms with E-state index >= 15 is 0 Å². The number of esters is 1. The number of ether oxygens (including phenoxy) is 2. The highest BCUT2D eigenvalue weighted by Crippen LogP contribution is 2.28. The van der Waals surface area contributed by atoms with Crippen molar-refractivity contribution in [3.05, 3.63) is 29.8 Å². The molecule has 0 aliphatic rings. The van der Waals surface area contributed by atoms with Gasteiger partial charge in [0.1, 0.15) is 5.75 Å². The number of carbonyl (C=O) groups excluding carboxylic acids is 1. The minimum absolute atomic E-state index is 0.321. The molecule has 2 atom stereocenters. The van der Waals surface area contributed by atoms with Gasteiger partial charge >= 0.3 is 5.97 Å². The standard InChI is InChI=1S/C16H24O4/c1-4-10-20-13-9-7-8-12(11-13)15(17)14(5-2)16(18)19-6-3/h7-9,11,14-15,17H,4-6,10H2,1-3H3. The van der Waals surface area contributed by atoms with Crippen molar-refractivity contribution in [2.45, 2.75) is 39.7 Å². The molecule has 1 N–H and O–H groups in total. The summed E-state index contributed by atoms with van der Waals surface area (Å²) < 4.78 is 10.5. The molecule has 2 unspecified atom stereocenters. The fraction of sp³-hybridized carbons (Fsp3) is 0.562. The zero-order valence-electron chi connectivity index (χ0n) is 12.5. The lowest BCUT2D eigenvalue weighted by molar-refractivity contribution is -0.152. The molecular formula is C16H24O4. The SMILES string of the molecule is CCCOc1cccc(C(O)C(CC)C(=O)OCC)c1. The first-order valence-corrected chi connectivity index (χ1v) is 7.21. The Balaban J connectivity index is 2.83. The van der Waals surface area contributed by atoms with Crippen LogP contribution in [0.25, 0.3) is 0 Å². The van der Waals surface area contributed by atoms with E-state index in [0.29, 0.717) is 30.9 Å². The van der Waals surface area contributed by atoms with Gasteiger partial charge in [-0.05, 0) is 37.5 Å². The maximum absolute atomic E-state index is 11.8. The first kappa shape index (κ1) is 16.5. The fourth-order valence-electron chi connectivity index (χ4n) is 2.01. The highest BCUT2D eigenvalue weighted by Gasteiger charge is 2.27. The molecule has 0 spiro atoms. The van der Waals surface area contributed by atoms with E-state index in [9.17, 15) is 9.90 Å². The highest BCUT2D eigenvalue weighted by molar-refractivity contribution is 5.73. The van der Waals surface area contributed by atoms with Crippen LogP contribution in [-0.4, -0.2) is 24.3 Å². The molecule has 0 bridgehead atoms. The number of hydrogen-bond donors (Lipinski definition) is 1. The van der Waals surface area contributed by atoms with E-state index in [2.05, 4.69) is 0 Å². The summed E-state index contributed by atoms with van der Waals surface area (Å²) in [6.45, 7) is 6.61. The monoisotopic (exact) mass is 280 g/mol. The van der Waals surface area contributed by atoms with Gasteiger partial charge < -0.3 is 14.6 Å². The third kappa shape index (κ3) is 4.53. The van der Waals surface area contributed by atoms with Gasteiger partial charge in [0, 0.05) is 0 Å². The molecule has 0 heterocycles. The summed E-state index contributed by atoms with van der Waals surface area (Å²) in [5.74, 6) is -0.194. The first-order valence-electron chi connectivity index (χ1n) is 7.21. The van der Waals surface area contributed by atoms with Crippen LogP contribution in [0.2, 0.25) is 0 Å². The normalized spacial score (nSPS) is 13.6. The largest absolute Gasteiger partial charge is 0.494 e. The summed E-state index contributed by atoms with van der Waals surface area (Å²) in [6, 6.07) is 7.24. The Morgan fingerprint density at radius 3 is 2.65 bits per heavy atom. The Labute approximate surface area is 120 Å². The second kappa shape index (κ2) is 8.59. The molecule has 0 saturated carbocycles. The second-order valence-corrected chi connectivity index (χ2v) is 4.63. The van der Waals surface area contributed by atoms with Crippen LogP contribution in [0, 0.1) is 5.92 Å². The lowest BCUT2D eigenvalue weighted by Crippen LogP contribution is -2.24. The van der Waals surface area contributed by atoms with E-state index in [-0.39, 0.29) is 5.97 Å². The van der Waals surface area contributed by atoms with Crippen LogP contribution in [0.5, 0.6) is 5.75 Å². The maximum atomic E-state index is 11.8. The van der Waals surface area contributed by atoms with Crippen molar-refractivity contribution < 1.29 is 19.4 Å². The molecule has 20 heavy (non-hydrogen) atoms. The van der Waals surface area contributed by atoms with Crippen molar-refractivity contribution in [3.8, 4) is 5.75 Å². The molecule has 112 valence electrons. The molecule has 0 aliphatic carbocycles. The Kier molecular flexibility index (Phi) is 7.09. The molecule has 0 saturated heterocycles. The summed E-state index contributed by atoms with van der Waals surface area (Å²) in [4.78, 5) is 11.8. The number of aliphatic hydroxyl groups is 1. The predicted octanol–water partition coefficient (Wildman–Crippen LogP) is 3.10. The molecule has 0 amide bonds. The van der Waals surface area contributed by atoms with Crippen LogP contribution >= 0.6 is 0 Å². The molecule has 4 heteroatoms. The van der Waals surface area contributed by atoms with Crippen molar-refractivity contribution in [2.24, 2.45) is 5.92 Å².